The first-order chi connectivity index (χ1) is 14.1. The number of pyridine rings is 1. The van der Waals surface area contributed by atoms with Crippen LogP contribution in [0.1, 0.15) is 37.7 Å². The van der Waals surface area contributed by atoms with Gasteiger partial charge in [-0.15, -0.1) is 0 Å². The van der Waals surface area contributed by atoms with Gasteiger partial charge in [-0.05, 0) is 49.4 Å². The Kier molecular flexibility index (Phi) is 5.74. The van der Waals surface area contributed by atoms with Crippen LogP contribution in [0.2, 0.25) is 0 Å². The van der Waals surface area contributed by atoms with Crippen LogP contribution in [0.3, 0.4) is 0 Å². The minimum Gasteiger partial charge on any atom is -0.474 e. The summed E-state index contributed by atoms with van der Waals surface area (Å²) in [5.41, 5.74) is 1.10. The summed E-state index contributed by atoms with van der Waals surface area (Å²) in [5.74, 6) is -0.851. The molecule has 1 saturated heterocycles. The maximum absolute atomic E-state index is 14.0. The summed E-state index contributed by atoms with van der Waals surface area (Å²) in [6.07, 6.45) is 6.45. The molecule has 2 amide bonds. The lowest BCUT2D eigenvalue weighted by Crippen LogP contribution is -2.32. The minimum absolute atomic E-state index is 0.0759. The second-order valence-corrected chi connectivity index (χ2v) is 7.60. The van der Waals surface area contributed by atoms with E-state index in [0.29, 0.717) is 12.4 Å². The van der Waals surface area contributed by atoms with E-state index in [-0.39, 0.29) is 36.6 Å². The van der Waals surface area contributed by atoms with E-state index in [4.69, 9.17) is 4.74 Å². The minimum atomic E-state index is -0.502. The number of aromatic nitrogens is 1. The fourth-order valence-corrected chi connectivity index (χ4v) is 3.92. The number of hydrogen-bond donors (Lipinski definition) is 1. The van der Waals surface area contributed by atoms with Crippen LogP contribution >= 0.6 is 0 Å². The average molecular weight is 397 g/mol. The van der Waals surface area contributed by atoms with E-state index >= 15 is 0 Å². The van der Waals surface area contributed by atoms with E-state index in [1.165, 1.54) is 23.8 Å². The van der Waals surface area contributed by atoms with Crippen LogP contribution in [0.5, 0.6) is 5.88 Å². The monoisotopic (exact) mass is 397 g/mol. The van der Waals surface area contributed by atoms with Crippen LogP contribution in [0, 0.1) is 11.7 Å². The zero-order valence-electron chi connectivity index (χ0n) is 16.1. The number of para-hydroxylation sites is 1. The molecule has 2 aliphatic rings. The lowest BCUT2D eigenvalue weighted by atomic mass is 10.1. The largest absolute Gasteiger partial charge is 0.474 e. The fourth-order valence-electron chi connectivity index (χ4n) is 3.92. The number of halogens is 1. The van der Waals surface area contributed by atoms with Gasteiger partial charge in [-0.1, -0.05) is 12.1 Å². The quantitative estimate of drug-likeness (QED) is 0.813. The van der Waals surface area contributed by atoms with Crippen molar-refractivity contribution in [2.45, 2.75) is 44.8 Å². The highest BCUT2D eigenvalue weighted by Crippen LogP contribution is 2.27. The summed E-state index contributed by atoms with van der Waals surface area (Å²) < 4.78 is 19.9. The van der Waals surface area contributed by atoms with Crippen molar-refractivity contribution in [2.75, 3.05) is 11.4 Å². The molecule has 1 atom stereocenters. The van der Waals surface area contributed by atoms with Gasteiger partial charge >= 0.3 is 0 Å². The van der Waals surface area contributed by atoms with E-state index in [2.05, 4.69) is 10.3 Å². The Balaban J connectivity index is 1.33. The lowest BCUT2D eigenvalue weighted by molar-refractivity contribution is -0.126. The van der Waals surface area contributed by atoms with Gasteiger partial charge in [0, 0.05) is 31.8 Å². The summed E-state index contributed by atoms with van der Waals surface area (Å²) in [6, 6.07) is 9.77. The second kappa shape index (κ2) is 8.59. The molecule has 152 valence electrons. The number of nitrogens with zero attached hydrogens (tertiary/aromatic N) is 2. The first-order valence-electron chi connectivity index (χ1n) is 10.0. The molecule has 7 heteroatoms. The molecule has 2 heterocycles. The van der Waals surface area contributed by atoms with Gasteiger partial charge in [0.05, 0.1) is 11.6 Å². The Labute approximate surface area is 169 Å². The molecular weight excluding hydrogens is 373 g/mol. The van der Waals surface area contributed by atoms with Gasteiger partial charge in [-0.3, -0.25) is 9.59 Å². The van der Waals surface area contributed by atoms with Gasteiger partial charge in [-0.2, -0.15) is 0 Å². The lowest BCUT2D eigenvalue weighted by Gasteiger charge is -2.17. The van der Waals surface area contributed by atoms with Crippen molar-refractivity contribution in [3.63, 3.8) is 0 Å². The van der Waals surface area contributed by atoms with Crippen LogP contribution in [0.4, 0.5) is 10.1 Å². The number of hydrogen-bond acceptors (Lipinski definition) is 4. The van der Waals surface area contributed by atoms with E-state index in [9.17, 15) is 14.0 Å². The summed E-state index contributed by atoms with van der Waals surface area (Å²) in [5, 5.41) is 2.87. The van der Waals surface area contributed by atoms with Crippen LogP contribution in [-0.4, -0.2) is 29.4 Å². The molecule has 0 radical (unpaired) electrons. The molecule has 0 spiro atoms. The molecule has 1 aliphatic heterocycles. The molecule has 0 bridgehead atoms. The van der Waals surface area contributed by atoms with Crippen LogP contribution in [-0.2, 0) is 16.1 Å². The van der Waals surface area contributed by atoms with Gasteiger partial charge in [0.25, 0.3) is 0 Å². The van der Waals surface area contributed by atoms with E-state index in [0.717, 1.165) is 18.4 Å². The van der Waals surface area contributed by atoms with Crippen molar-refractivity contribution in [3.05, 3.63) is 54.0 Å². The van der Waals surface area contributed by atoms with Crippen LogP contribution < -0.4 is 15.0 Å². The SMILES string of the molecule is O=C(NCc1ccnc(OC2CCCC2)c1)C1CC(=O)N(c2ccccc2F)C1. The first kappa shape index (κ1) is 19.4. The number of ether oxygens (including phenoxy) is 1. The molecule has 2 aromatic rings. The smallest absolute Gasteiger partial charge is 0.227 e. The second-order valence-electron chi connectivity index (χ2n) is 7.60. The van der Waals surface area contributed by atoms with Crippen molar-refractivity contribution in [2.24, 2.45) is 5.92 Å². The third kappa shape index (κ3) is 4.55. The maximum Gasteiger partial charge on any atom is 0.227 e. The Morgan fingerprint density at radius 3 is 2.83 bits per heavy atom. The Morgan fingerprint density at radius 1 is 1.24 bits per heavy atom. The van der Waals surface area contributed by atoms with E-state index < -0.39 is 11.7 Å². The molecule has 2 fully saturated rings. The summed E-state index contributed by atoms with van der Waals surface area (Å²) >= 11 is 0. The highest BCUT2D eigenvalue weighted by Gasteiger charge is 2.36. The molecule has 1 aromatic heterocycles. The first-order valence-corrected chi connectivity index (χ1v) is 10.0. The normalized spacial score (nSPS) is 19.6. The summed E-state index contributed by atoms with van der Waals surface area (Å²) in [4.78, 5) is 30.4. The van der Waals surface area contributed by atoms with Crippen molar-refractivity contribution in [1.82, 2.24) is 10.3 Å². The maximum atomic E-state index is 14.0. The molecular formula is C22H24FN3O3. The number of benzene rings is 1. The molecule has 6 nitrogen and oxygen atoms in total. The summed E-state index contributed by atoms with van der Waals surface area (Å²) in [6.45, 7) is 0.505. The predicted octanol–water partition coefficient (Wildman–Crippen LogP) is 3.21. The Hall–Kier alpha value is -2.96. The van der Waals surface area contributed by atoms with Crippen molar-refractivity contribution in [3.8, 4) is 5.88 Å². The molecule has 1 aliphatic carbocycles. The van der Waals surface area contributed by atoms with Crippen molar-refractivity contribution in [1.29, 1.82) is 0 Å². The highest BCUT2D eigenvalue weighted by atomic mass is 19.1. The van der Waals surface area contributed by atoms with Gasteiger partial charge in [0.15, 0.2) is 0 Å². The third-order valence-electron chi connectivity index (χ3n) is 5.49. The number of nitrogens with one attached hydrogen (secondary N) is 1. The fraction of sp³-hybridized carbons (Fsp3) is 0.409. The van der Waals surface area contributed by atoms with Gasteiger partial charge in [0.1, 0.15) is 11.9 Å². The third-order valence-corrected chi connectivity index (χ3v) is 5.49. The van der Waals surface area contributed by atoms with Gasteiger partial charge < -0.3 is 15.0 Å². The number of rotatable bonds is 6. The topological polar surface area (TPSA) is 71.5 Å². The predicted molar refractivity (Wildman–Crippen MR) is 106 cm³/mol. The van der Waals surface area contributed by atoms with Crippen molar-refractivity contribution >= 4 is 17.5 Å². The molecule has 1 unspecified atom stereocenters. The number of anilines is 1. The van der Waals surface area contributed by atoms with E-state index in [1.54, 1.807) is 24.4 Å². The number of amides is 2. The zero-order valence-corrected chi connectivity index (χ0v) is 16.1. The van der Waals surface area contributed by atoms with Crippen LogP contribution in [0.15, 0.2) is 42.6 Å². The number of carbonyl (C=O) groups is 2. The Bertz CT molecular complexity index is 898. The molecule has 1 saturated carbocycles. The standard InChI is InChI=1S/C22H24FN3O3/c23-18-7-3-4-8-19(18)26-14-16(12-21(26)27)22(28)25-13-15-9-10-24-20(11-15)29-17-5-1-2-6-17/h3-4,7-11,16-17H,1-2,5-6,12-14H2,(H,25,28). The number of carbonyl (C=O) groups excluding carboxylic acids is 2. The highest BCUT2D eigenvalue weighted by molar-refractivity contribution is 6.00. The van der Waals surface area contributed by atoms with Crippen LogP contribution in [0.25, 0.3) is 0 Å². The zero-order chi connectivity index (χ0) is 20.2. The van der Waals surface area contributed by atoms with Crippen molar-refractivity contribution < 1.29 is 18.7 Å². The molecule has 29 heavy (non-hydrogen) atoms. The molecule has 4 rings (SSSR count). The van der Waals surface area contributed by atoms with E-state index in [1.807, 2.05) is 12.1 Å². The summed E-state index contributed by atoms with van der Waals surface area (Å²) in [7, 11) is 0. The molecule has 1 N–H and O–H groups in total. The van der Waals surface area contributed by atoms with Gasteiger partial charge in [-0.25, -0.2) is 9.37 Å². The average Bonchev–Trinajstić information content (AvgIpc) is 3.36. The van der Waals surface area contributed by atoms with Gasteiger partial charge in [0.2, 0.25) is 17.7 Å². The Morgan fingerprint density at radius 2 is 2.03 bits per heavy atom. The molecule has 1 aromatic carbocycles.